The van der Waals surface area contributed by atoms with Gasteiger partial charge in [-0.25, -0.2) is 8.42 Å². The summed E-state index contributed by atoms with van der Waals surface area (Å²) in [5, 5.41) is 2.81. The molecule has 2 aromatic carbocycles. The third-order valence-corrected chi connectivity index (χ3v) is 6.17. The number of amides is 1. The van der Waals surface area contributed by atoms with E-state index in [1.807, 2.05) is 24.3 Å². The number of para-hydroxylation sites is 1. The molecule has 0 fully saturated rings. The first-order valence-electron chi connectivity index (χ1n) is 9.19. The molecule has 0 unspecified atom stereocenters. The van der Waals surface area contributed by atoms with Gasteiger partial charge in [-0.1, -0.05) is 24.3 Å². The molecule has 146 valence electrons. The molecule has 0 aromatic heterocycles. The number of amidine groups is 1. The van der Waals surface area contributed by atoms with Crippen LogP contribution in [0.5, 0.6) is 5.75 Å². The summed E-state index contributed by atoms with van der Waals surface area (Å²) in [6, 6.07) is 13.9. The summed E-state index contributed by atoms with van der Waals surface area (Å²) in [5.74, 6) is 0.756. The molecule has 0 spiro atoms. The van der Waals surface area contributed by atoms with Gasteiger partial charge in [-0.2, -0.15) is 0 Å². The highest BCUT2D eigenvalue weighted by atomic mass is 32.2. The second-order valence-corrected chi connectivity index (χ2v) is 8.56. The topological polar surface area (TPSA) is 96.9 Å². The van der Waals surface area contributed by atoms with E-state index in [-0.39, 0.29) is 16.7 Å². The molecule has 28 heavy (non-hydrogen) atoms. The molecule has 7 nitrogen and oxygen atoms in total. The van der Waals surface area contributed by atoms with Crippen molar-refractivity contribution in [3.8, 4) is 5.75 Å². The molecule has 2 heterocycles. The van der Waals surface area contributed by atoms with Crippen molar-refractivity contribution in [2.24, 2.45) is 10.9 Å². The Balaban J connectivity index is 1.45. The zero-order chi connectivity index (χ0) is 19.6. The third kappa shape index (κ3) is 4.01. The molecule has 1 amide bonds. The molecule has 4 rings (SSSR count). The van der Waals surface area contributed by atoms with E-state index in [1.165, 1.54) is 12.1 Å². The van der Waals surface area contributed by atoms with Gasteiger partial charge in [-0.3, -0.25) is 14.5 Å². The number of nitrogens with zero attached hydrogens (tertiary/aromatic N) is 1. The Morgan fingerprint density at radius 1 is 1.14 bits per heavy atom. The molecule has 0 aliphatic carbocycles. The van der Waals surface area contributed by atoms with E-state index < -0.39 is 10.0 Å². The molecule has 0 radical (unpaired) electrons. The van der Waals surface area contributed by atoms with Crippen molar-refractivity contribution < 1.29 is 17.9 Å². The molecule has 2 aliphatic heterocycles. The van der Waals surface area contributed by atoms with Crippen molar-refractivity contribution >= 4 is 27.5 Å². The fraction of sp³-hybridized carbons (Fsp3) is 0.300. The van der Waals surface area contributed by atoms with Crippen molar-refractivity contribution in [3.05, 3.63) is 54.1 Å². The summed E-state index contributed by atoms with van der Waals surface area (Å²) in [6.45, 7) is 0.933. The van der Waals surface area contributed by atoms with E-state index in [9.17, 15) is 13.2 Å². The summed E-state index contributed by atoms with van der Waals surface area (Å²) in [6.07, 6.45) is 2.06. The average molecular weight is 399 g/mol. The summed E-state index contributed by atoms with van der Waals surface area (Å²) in [4.78, 5) is 16.9. The van der Waals surface area contributed by atoms with Crippen molar-refractivity contribution in [2.75, 3.05) is 18.5 Å². The molecule has 8 heteroatoms. The Bertz CT molecular complexity index is 1030. The zero-order valence-corrected chi connectivity index (χ0v) is 16.0. The Kier molecular flexibility index (Phi) is 5.04. The highest BCUT2D eigenvalue weighted by Crippen LogP contribution is 2.27. The van der Waals surface area contributed by atoms with E-state index in [4.69, 9.17) is 4.74 Å². The number of sulfonamides is 1. The van der Waals surface area contributed by atoms with E-state index in [0.29, 0.717) is 37.5 Å². The van der Waals surface area contributed by atoms with Crippen LogP contribution in [0.2, 0.25) is 0 Å². The molecular formula is C20H21N3O4S. The Morgan fingerprint density at radius 2 is 2.00 bits per heavy atom. The Labute approximate surface area is 163 Å². The van der Waals surface area contributed by atoms with Crippen LogP contribution >= 0.6 is 0 Å². The fourth-order valence-electron chi connectivity index (χ4n) is 3.32. The number of benzene rings is 2. The number of ether oxygens (including phenoxy) is 1. The first-order valence-corrected chi connectivity index (χ1v) is 10.7. The van der Waals surface area contributed by atoms with E-state index >= 15 is 0 Å². The van der Waals surface area contributed by atoms with Gasteiger partial charge in [0, 0.05) is 18.7 Å². The van der Waals surface area contributed by atoms with Crippen LogP contribution in [0.3, 0.4) is 0 Å². The molecule has 0 bridgehead atoms. The van der Waals surface area contributed by atoms with Crippen LogP contribution in [0.1, 0.15) is 18.4 Å². The van der Waals surface area contributed by atoms with Gasteiger partial charge in [0.1, 0.15) is 18.2 Å². The van der Waals surface area contributed by atoms with Crippen LogP contribution in [-0.2, 0) is 21.2 Å². The smallest absolute Gasteiger partial charge is 0.262 e. The van der Waals surface area contributed by atoms with Crippen LogP contribution in [0.15, 0.2) is 58.4 Å². The lowest BCUT2D eigenvalue weighted by molar-refractivity contribution is -0.121. The van der Waals surface area contributed by atoms with Crippen molar-refractivity contribution in [1.82, 2.24) is 4.72 Å². The standard InChI is InChI=1S/C20H21N3O4S/c24-20(15-11-14-5-1-2-8-18(14)27-13-15)22-16-6-3-7-17(12-16)28(25,26)23-19-9-4-10-21-19/h1-3,5-8,12,15H,4,9-11,13H2,(H,21,23)(H,22,24)/t15-/m0/s1. The Hall–Kier alpha value is -2.87. The lowest BCUT2D eigenvalue weighted by Crippen LogP contribution is -2.32. The fourth-order valence-corrected chi connectivity index (χ4v) is 4.45. The summed E-state index contributed by atoms with van der Waals surface area (Å²) >= 11 is 0. The van der Waals surface area contributed by atoms with Gasteiger partial charge in [0.15, 0.2) is 0 Å². The molecule has 0 saturated carbocycles. The predicted molar refractivity (Wildman–Crippen MR) is 106 cm³/mol. The lowest BCUT2D eigenvalue weighted by atomic mass is 9.96. The van der Waals surface area contributed by atoms with Crippen LogP contribution in [0, 0.1) is 5.92 Å². The first-order chi connectivity index (χ1) is 13.5. The van der Waals surface area contributed by atoms with Gasteiger partial charge in [-0.05, 0) is 42.7 Å². The minimum absolute atomic E-state index is 0.0881. The molecule has 1 atom stereocenters. The second-order valence-electron chi connectivity index (χ2n) is 6.87. The van der Waals surface area contributed by atoms with Crippen LogP contribution in [0.4, 0.5) is 5.69 Å². The van der Waals surface area contributed by atoms with Crippen molar-refractivity contribution in [3.63, 3.8) is 0 Å². The quantitative estimate of drug-likeness (QED) is 0.825. The van der Waals surface area contributed by atoms with Gasteiger partial charge in [-0.15, -0.1) is 0 Å². The number of rotatable bonds is 4. The van der Waals surface area contributed by atoms with Gasteiger partial charge in [0.25, 0.3) is 10.0 Å². The van der Waals surface area contributed by atoms with Gasteiger partial charge >= 0.3 is 0 Å². The molecular weight excluding hydrogens is 378 g/mol. The lowest BCUT2D eigenvalue weighted by Gasteiger charge is -2.24. The van der Waals surface area contributed by atoms with Crippen LogP contribution < -0.4 is 14.8 Å². The minimum atomic E-state index is -3.72. The molecule has 2 aliphatic rings. The largest absolute Gasteiger partial charge is 0.492 e. The number of carbonyl (C=O) groups excluding carboxylic acids is 1. The zero-order valence-electron chi connectivity index (χ0n) is 15.2. The maximum Gasteiger partial charge on any atom is 0.262 e. The maximum atomic E-state index is 12.6. The number of hydrogen-bond acceptors (Lipinski definition) is 5. The summed E-state index contributed by atoms with van der Waals surface area (Å²) in [5.41, 5.74) is 1.42. The predicted octanol–water partition coefficient (Wildman–Crippen LogP) is 2.35. The first kappa shape index (κ1) is 18.5. The number of nitrogens with one attached hydrogen (secondary N) is 2. The number of fused-ring (bicyclic) bond motifs is 1. The van der Waals surface area contributed by atoms with Crippen molar-refractivity contribution in [2.45, 2.75) is 24.2 Å². The Morgan fingerprint density at radius 3 is 2.82 bits per heavy atom. The van der Waals surface area contributed by atoms with Gasteiger partial charge in [0.2, 0.25) is 5.91 Å². The number of aliphatic imine (C=N–C) groups is 1. The van der Waals surface area contributed by atoms with Gasteiger partial charge < -0.3 is 10.1 Å². The monoisotopic (exact) mass is 399 g/mol. The number of anilines is 1. The van der Waals surface area contributed by atoms with E-state index in [0.717, 1.165) is 17.7 Å². The van der Waals surface area contributed by atoms with Crippen molar-refractivity contribution in [1.29, 1.82) is 0 Å². The molecule has 0 saturated heterocycles. The van der Waals surface area contributed by atoms with E-state index in [2.05, 4.69) is 15.0 Å². The third-order valence-electron chi connectivity index (χ3n) is 4.79. The van der Waals surface area contributed by atoms with E-state index in [1.54, 1.807) is 12.1 Å². The summed E-state index contributed by atoms with van der Waals surface area (Å²) in [7, 11) is -3.72. The van der Waals surface area contributed by atoms with Crippen LogP contribution in [0.25, 0.3) is 0 Å². The normalized spacial score (nSPS) is 18.6. The second kappa shape index (κ2) is 7.63. The average Bonchev–Trinajstić information content (AvgIpc) is 3.20. The highest BCUT2D eigenvalue weighted by molar-refractivity contribution is 7.90. The minimum Gasteiger partial charge on any atom is -0.492 e. The molecule has 2 N–H and O–H groups in total. The van der Waals surface area contributed by atoms with Gasteiger partial charge in [0.05, 0.1) is 10.8 Å². The SMILES string of the molecule is O=C(Nc1cccc(S(=O)(=O)NC2=NCCC2)c1)[C@@H]1COc2ccccc2C1. The van der Waals surface area contributed by atoms with Crippen LogP contribution in [-0.4, -0.2) is 33.3 Å². The maximum absolute atomic E-state index is 12.6. The molecule has 2 aromatic rings. The summed E-state index contributed by atoms with van der Waals surface area (Å²) < 4.78 is 33.3. The number of carbonyl (C=O) groups is 1. The number of hydrogen-bond donors (Lipinski definition) is 2. The highest BCUT2D eigenvalue weighted by Gasteiger charge is 2.26.